The molecule has 0 aliphatic rings. The standard InChI is InChI=1S/C19H19FN2O2/c1-2-11-22(13-16-5-3-15(12-21)4-6-16)19(23)14-24-18-9-7-17(20)8-10-18/h3-10H,2,11,13-14H2,1H3. The molecule has 1 amide bonds. The van der Waals surface area contributed by atoms with Gasteiger partial charge in [-0.3, -0.25) is 4.79 Å². The normalized spacial score (nSPS) is 10.0. The lowest BCUT2D eigenvalue weighted by atomic mass is 10.1. The lowest BCUT2D eigenvalue weighted by Gasteiger charge is -2.22. The second kappa shape index (κ2) is 8.68. The first kappa shape index (κ1) is 17.5. The predicted octanol–water partition coefficient (Wildman–Crippen LogP) is 3.51. The Kier molecular flexibility index (Phi) is 6.32. The van der Waals surface area contributed by atoms with Crippen molar-refractivity contribution in [2.24, 2.45) is 0 Å². The maximum absolute atomic E-state index is 12.9. The van der Waals surface area contributed by atoms with E-state index in [1.54, 1.807) is 17.0 Å². The maximum Gasteiger partial charge on any atom is 0.260 e. The van der Waals surface area contributed by atoms with Crippen LogP contribution in [0.3, 0.4) is 0 Å². The van der Waals surface area contributed by atoms with Gasteiger partial charge in [-0.05, 0) is 48.4 Å². The molecule has 0 saturated heterocycles. The number of nitriles is 1. The van der Waals surface area contributed by atoms with E-state index >= 15 is 0 Å². The molecule has 0 heterocycles. The molecule has 24 heavy (non-hydrogen) atoms. The molecule has 0 unspecified atom stereocenters. The second-order valence-corrected chi connectivity index (χ2v) is 5.37. The monoisotopic (exact) mass is 326 g/mol. The zero-order valence-electron chi connectivity index (χ0n) is 13.5. The molecule has 0 radical (unpaired) electrons. The molecule has 0 aliphatic heterocycles. The Balaban J connectivity index is 1.96. The molecule has 0 spiro atoms. The summed E-state index contributed by atoms with van der Waals surface area (Å²) in [7, 11) is 0. The molecule has 0 saturated carbocycles. The Hall–Kier alpha value is -2.87. The molecular formula is C19H19FN2O2. The van der Waals surface area contributed by atoms with Crippen molar-refractivity contribution in [3.05, 3.63) is 65.5 Å². The van der Waals surface area contributed by atoms with E-state index in [4.69, 9.17) is 10.00 Å². The van der Waals surface area contributed by atoms with Crippen molar-refractivity contribution in [1.82, 2.24) is 4.90 Å². The highest BCUT2D eigenvalue weighted by Crippen LogP contribution is 2.12. The van der Waals surface area contributed by atoms with Crippen LogP contribution in [0.15, 0.2) is 48.5 Å². The van der Waals surface area contributed by atoms with Crippen LogP contribution in [0, 0.1) is 17.1 Å². The Morgan fingerprint density at radius 3 is 2.42 bits per heavy atom. The highest BCUT2D eigenvalue weighted by atomic mass is 19.1. The molecular weight excluding hydrogens is 307 g/mol. The smallest absolute Gasteiger partial charge is 0.260 e. The van der Waals surface area contributed by atoms with Gasteiger partial charge in [0.15, 0.2) is 6.61 Å². The number of carbonyl (C=O) groups is 1. The molecule has 0 fully saturated rings. The Bertz CT molecular complexity index is 706. The SMILES string of the molecule is CCCN(Cc1ccc(C#N)cc1)C(=O)COc1ccc(F)cc1. The lowest BCUT2D eigenvalue weighted by molar-refractivity contribution is -0.134. The van der Waals surface area contributed by atoms with E-state index in [0.717, 1.165) is 12.0 Å². The zero-order chi connectivity index (χ0) is 17.4. The third-order valence-corrected chi connectivity index (χ3v) is 3.48. The van der Waals surface area contributed by atoms with Crippen molar-refractivity contribution in [2.45, 2.75) is 19.9 Å². The molecule has 2 aromatic carbocycles. The van der Waals surface area contributed by atoms with Gasteiger partial charge in [0.25, 0.3) is 5.91 Å². The van der Waals surface area contributed by atoms with Gasteiger partial charge in [0.2, 0.25) is 0 Å². The first-order chi connectivity index (χ1) is 11.6. The van der Waals surface area contributed by atoms with Crippen molar-refractivity contribution >= 4 is 5.91 Å². The van der Waals surface area contributed by atoms with Gasteiger partial charge < -0.3 is 9.64 Å². The third kappa shape index (κ3) is 5.10. The van der Waals surface area contributed by atoms with Crippen LogP contribution >= 0.6 is 0 Å². The third-order valence-electron chi connectivity index (χ3n) is 3.48. The van der Waals surface area contributed by atoms with Gasteiger partial charge in [0.05, 0.1) is 11.6 Å². The van der Waals surface area contributed by atoms with E-state index in [2.05, 4.69) is 6.07 Å². The summed E-state index contributed by atoms with van der Waals surface area (Å²) in [4.78, 5) is 14.1. The van der Waals surface area contributed by atoms with Crippen LogP contribution in [0.25, 0.3) is 0 Å². The van der Waals surface area contributed by atoms with E-state index < -0.39 is 0 Å². The first-order valence-electron chi connectivity index (χ1n) is 7.77. The summed E-state index contributed by atoms with van der Waals surface area (Å²) in [5.74, 6) is -0.0211. The number of ether oxygens (including phenoxy) is 1. The van der Waals surface area contributed by atoms with Crippen molar-refractivity contribution in [3.8, 4) is 11.8 Å². The second-order valence-electron chi connectivity index (χ2n) is 5.37. The highest BCUT2D eigenvalue weighted by Gasteiger charge is 2.14. The van der Waals surface area contributed by atoms with Crippen LogP contribution in [0.5, 0.6) is 5.75 Å². The van der Waals surface area contributed by atoms with Crippen molar-refractivity contribution < 1.29 is 13.9 Å². The molecule has 5 heteroatoms. The van der Waals surface area contributed by atoms with Crippen LogP contribution in [-0.4, -0.2) is 24.0 Å². The number of rotatable bonds is 7. The number of carbonyl (C=O) groups excluding carboxylic acids is 1. The Labute approximate surface area is 141 Å². The molecule has 0 bridgehead atoms. The molecule has 2 aromatic rings. The van der Waals surface area contributed by atoms with E-state index in [-0.39, 0.29) is 18.3 Å². The quantitative estimate of drug-likeness (QED) is 0.782. The number of hydrogen-bond acceptors (Lipinski definition) is 3. The number of benzene rings is 2. The van der Waals surface area contributed by atoms with Crippen LogP contribution in [0.2, 0.25) is 0 Å². The molecule has 2 rings (SSSR count). The summed E-state index contributed by atoms with van der Waals surface area (Å²) in [6.45, 7) is 2.98. The zero-order valence-corrected chi connectivity index (χ0v) is 13.5. The first-order valence-corrected chi connectivity index (χ1v) is 7.77. The predicted molar refractivity (Wildman–Crippen MR) is 88.8 cm³/mol. The van der Waals surface area contributed by atoms with E-state index in [9.17, 15) is 9.18 Å². The summed E-state index contributed by atoms with van der Waals surface area (Å²) in [6.07, 6.45) is 0.832. The topological polar surface area (TPSA) is 53.3 Å². The van der Waals surface area contributed by atoms with Gasteiger partial charge in [-0.25, -0.2) is 4.39 Å². The van der Waals surface area contributed by atoms with Crippen molar-refractivity contribution in [3.63, 3.8) is 0 Å². The van der Waals surface area contributed by atoms with E-state index in [1.807, 2.05) is 19.1 Å². The van der Waals surface area contributed by atoms with Crippen LogP contribution in [0.4, 0.5) is 4.39 Å². The maximum atomic E-state index is 12.9. The van der Waals surface area contributed by atoms with Crippen LogP contribution < -0.4 is 4.74 Å². The van der Waals surface area contributed by atoms with Crippen LogP contribution in [0.1, 0.15) is 24.5 Å². The van der Waals surface area contributed by atoms with Crippen molar-refractivity contribution in [2.75, 3.05) is 13.2 Å². The molecule has 0 N–H and O–H groups in total. The molecule has 124 valence electrons. The number of hydrogen-bond donors (Lipinski definition) is 0. The van der Waals surface area contributed by atoms with Gasteiger partial charge in [0.1, 0.15) is 11.6 Å². The van der Waals surface area contributed by atoms with Crippen LogP contribution in [-0.2, 0) is 11.3 Å². The van der Waals surface area contributed by atoms with E-state index in [0.29, 0.717) is 24.4 Å². The van der Waals surface area contributed by atoms with E-state index in [1.165, 1.54) is 24.3 Å². The number of halogens is 1. The number of amides is 1. The molecule has 0 aromatic heterocycles. The fourth-order valence-electron chi connectivity index (χ4n) is 2.23. The summed E-state index contributed by atoms with van der Waals surface area (Å²) in [5.41, 5.74) is 1.55. The Morgan fingerprint density at radius 1 is 1.17 bits per heavy atom. The average molecular weight is 326 g/mol. The molecule has 0 atom stereocenters. The van der Waals surface area contributed by atoms with Gasteiger partial charge in [-0.1, -0.05) is 19.1 Å². The summed E-state index contributed by atoms with van der Waals surface area (Å²) in [6, 6.07) is 14.8. The fourth-order valence-corrected chi connectivity index (χ4v) is 2.23. The van der Waals surface area contributed by atoms with Gasteiger partial charge in [0, 0.05) is 13.1 Å². The molecule has 0 aliphatic carbocycles. The lowest BCUT2D eigenvalue weighted by Crippen LogP contribution is -2.35. The summed E-state index contributed by atoms with van der Waals surface area (Å²) < 4.78 is 18.3. The van der Waals surface area contributed by atoms with Crippen molar-refractivity contribution in [1.29, 1.82) is 5.26 Å². The minimum absolute atomic E-state index is 0.0953. The average Bonchev–Trinajstić information content (AvgIpc) is 2.61. The molecule has 4 nitrogen and oxygen atoms in total. The number of nitrogens with zero attached hydrogens (tertiary/aromatic N) is 2. The summed E-state index contributed by atoms with van der Waals surface area (Å²) >= 11 is 0. The Morgan fingerprint density at radius 2 is 1.83 bits per heavy atom. The van der Waals surface area contributed by atoms with Gasteiger partial charge in [-0.15, -0.1) is 0 Å². The van der Waals surface area contributed by atoms with Gasteiger partial charge in [-0.2, -0.15) is 5.26 Å². The fraction of sp³-hybridized carbons (Fsp3) is 0.263. The highest BCUT2D eigenvalue weighted by molar-refractivity contribution is 5.77. The van der Waals surface area contributed by atoms with Gasteiger partial charge >= 0.3 is 0 Å². The summed E-state index contributed by atoms with van der Waals surface area (Å²) in [5, 5.41) is 8.82. The minimum atomic E-state index is -0.345. The largest absolute Gasteiger partial charge is 0.484 e. The minimum Gasteiger partial charge on any atom is -0.484 e.